The zero-order valence-corrected chi connectivity index (χ0v) is 14.6. The molecule has 0 saturated heterocycles. The summed E-state index contributed by atoms with van der Waals surface area (Å²) >= 11 is 0. The minimum absolute atomic E-state index is 0.0481. The van der Waals surface area contributed by atoms with Gasteiger partial charge in [-0.05, 0) is 23.6 Å². The van der Waals surface area contributed by atoms with Crippen LogP contribution in [0.3, 0.4) is 0 Å². The molecular weight excluding hydrogens is 304 g/mol. The molecule has 24 heavy (non-hydrogen) atoms. The fourth-order valence-corrected chi connectivity index (χ4v) is 1.71. The van der Waals surface area contributed by atoms with E-state index in [9.17, 15) is 5.11 Å². The molecule has 3 aromatic rings. The van der Waals surface area contributed by atoms with Crippen molar-refractivity contribution < 1.29 is 20.4 Å². The standard InChI is InChI=1S/C10H8O2.C6H6O2.2C2H6/c11-9-6-5-7-3-1-2-4-8(7)10(9)12;7-5-3-1-2-4-6(5)8;2*1-2/h1-6,11-12H;1-4,7-8H;2*1-2H3. The van der Waals surface area contributed by atoms with E-state index >= 15 is 0 Å². The molecular formula is C20H26O4. The molecule has 0 amide bonds. The fraction of sp³-hybridized carbons (Fsp3) is 0.200. The van der Waals surface area contributed by atoms with Crippen LogP contribution in [0.25, 0.3) is 10.8 Å². The molecule has 3 aromatic carbocycles. The van der Waals surface area contributed by atoms with Gasteiger partial charge in [-0.3, -0.25) is 0 Å². The zero-order chi connectivity index (χ0) is 18.5. The highest BCUT2D eigenvalue weighted by molar-refractivity contribution is 5.90. The molecule has 0 heterocycles. The van der Waals surface area contributed by atoms with E-state index in [1.807, 2.05) is 45.9 Å². The van der Waals surface area contributed by atoms with Crippen molar-refractivity contribution >= 4 is 10.8 Å². The molecule has 130 valence electrons. The Hall–Kier alpha value is -2.88. The minimum Gasteiger partial charge on any atom is -0.504 e. The topological polar surface area (TPSA) is 80.9 Å². The van der Waals surface area contributed by atoms with Crippen molar-refractivity contribution in [2.75, 3.05) is 0 Å². The van der Waals surface area contributed by atoms with Gasteiger partial charge in [-0.1, -0.05) is 70.2 Å². The van der Waals surface area contributed by atoms with Crippen molar-refractivity contribution in [2.24, 2.45) is 0 Å². The Labute approximate surface area is 143 Å². The van der Waals surface area contributed by atoms with Gasteiger partial charge in [-0.15, -0.1) is 0 Å². The third-order valence-electron chi connectivity index (χ3n) is 2.76. The number of rotatable bonds is 0. The van der Waals surface area contributed by atoms with Crippen LogP contribution in [0, 0.1) is 0 Å². The predicted molar refractivity (Wildman–Crippen MR) is 99.7 cm³/mol. The van der Waals surface area contributed by atoms with Gasteiger partial charge in [0.2, 0.25) is 0 Å². The van der Waals surface area contributed by atoms with Crippen LogP contribution in [0.5, 0.6) is 23.0 Å². The Morgan fingerprint density at radius 2 is 0.958 bits per heavy atom. The summed E-state index contributed by atoms with van der Waals surface area (Å²) in [6.07, 6.45) is 0. The second-order valence-electron chi connectivity index (χ2n) is 4.14. The lowest BCUT2D eigenvalue weighted by molar-refractivity contribution is 0.404. The second kappa shape index (κ2) is 11.7. The van der Waals surface area contributed by atoms with Crippen LogP contribution in [0.15, 0.2) is 60.7 Å². The molecule has 4 N–H and O–H groups in total. The summed E-state index contributed by atoms with van der Waals surface area (Å²) in [5.41, 5.74) is 0. The number of phenolic OH excluding ortho intramolecular Hbond substituents is 4. The number of para-hydroxylation sites is 2. The lowest BCUT2D eigenvalue weighted by atomic mass is 10.1. The molecule has 0 unspecified atom stereocenters. The largest absolute Gasteiger partial charge is 0.504 e. The zero-order valence-electron chi connectivity index (χ0n) is 14.6. The Kier molecular flexibility index (Phi) is 10.3. The quantitative estimate of drug-likeness (QED) is 0.416. The molecule has 0 fully saturated rings. The van der Waals surface area contributed by atoms with Crippen molar-refractivity contribution in [2.45, 2.75) is 27.7 Å². The number of aromatic hydroxyl groups is 4. The van der Waals surface area contributed by atoms with Gasteiger partial charge < -0.3 is 20.4 Å². The molecule has 4 heteroatoms. The number of fused-ring (bicyclic) bond motifs is 1. The van der Waals surface area contributed by atoms with Crippen LogP contribution >= 0.6 is 0 Å². The van der Waals surface area contributed by atoms with Gasteiger partial charge in [0.15, 0.2) is 23.0 Å². The third kappa shape index (κ3) is 6.08. The smallest absolute Gasteiger partial charge is 0.165 e. The van der Waals surface area contributed by atoms with E-state index in [4.69, 9.17) is 15.3 Å². The van der Waals surface area contributed by atoms with Gasteiger partial charge >= 0.3 is 0 Å². The molecule has 0 atom stereocenters. The monoisotopic (exact) mass is 330 g/mol. The summed E-state index contributed by atoms with van der Waals surface area (Å²) in [5.74, 6) is -0.276. The normalized spacial score (nSPS) is 8.67. The average Bonchev–Trinajstić information content (AvgIpc) is 2.65. The Morgan fingerprint density at radius 3 is 1.46 bits per heavy atom. The van der Waals surface area contributed by atoms with Crippen molar-refractivity contribution in [1.29, 1.82) is 0 Å². The highest BCUT2D eigenvalue weighted by atomic mass is 16.3. The fourth-order valence-electron chi connectivity index (χ4n) is 1.71. The Bertz CT molecular complexity index is 703. The van der Waals surface area contributed by atoms with Gasteiger partial charge in [0.25, 0.3) is 0 Å². The SMILES string of the molecule is CC.CC.Oc1ccc2ccccc2c1O.Oc1ccccc1O. The number of benzene rings is 3. The van der Waals surface area contributed by atoms with Crippen LogP contribution in [0.1, 0.15) is 27.7 Å². The van der Waals surface area contributed by atoms with Gasteiger partial charge in [0, 0.05) is 5.39 Å². The number of phenols is 4. The van der Waals surface area contributed by atoms with Crippen LogP contribution in [0.4, 0.5) is 0 Å². The first-order chi connectivity index (χ1) is 11.6. The molecule has 0 aliphatic heterocycles. The Morgan fingerprint density at radius 1 is 0.500 bits per heavy atom. The highest BCUT2D eigenvalue weighted by Gasteiger charge is 2.02. The first-order valence-corrected chi connectivity index (χ1v) is 7.96. The van der Waals surface area contributed by atoms with E-state index in [-0.39, 0.29) is 23.0 Å². The van der Waals surface area contributed by atoms with E-state index in [0.29, 0.717) is 5.39 Å². The first kappa shape index (κ1) is 21.1. The van der Waals surface area contributed by atoms with Crippen molar-refractivity contribution in [3.05, 3.63) is 60.7 Å². The second-order valence-corrected chi connectivity index (χ2v) is 4.14. The maximum absolute atomic E-state index is 9.41. The lowest BCUT2D eigenvalue weighted by Crippen LogP contribution is -1.73. The van der Waals surface area contributed by atoms with Crippen molar-refractivity contribution in [3.8, 4) is 23.0 Å². The molecule has 0 bridgehead atoms. The maximum atomic E-state index is 9.41. The van der Waals surface area contributed by atoms with E-state index in [2.05, 4.69) is 0 Å². The number of hydrogen-bond donors (Lipinski definition) is 4. The minimum atomic E-state index is -0.0764. The summed E-state index contributed by atoms with van der Waals surface area (Å²) in [5, 5.41) is 37.5. The van der Waals surface area contributed by atoms with Crippen LogP contribution < -0.4 is 0 Å². The molecule has 3 rings (SSSR count). The van der Waals surface area contributed by atoms with E-state index in [1.54, 1.807) is 24.3 Å². The van der Waals surface area contributed by atoms with E-state index < -0.39 is 0 Å². The van der Waals surface area contributed by atoms with E-state index in [0.717, 1.165) is 5.39 Å². The molecule has 0 aromatic heterocycles. The summed E-state index contributed by atoms with van der Waals surface area (Å²) in [6, 6.07) is 16.8. The van der Waals surface area contributed by atoms with Gasteiger partial charge in [0.1, 0.15) is 0 Å². The van der Waals surface area contributed by atoms with Gasteiger partial charge in [0.05, 0.1) is 0 Å². The van der Waals surface area contributed by atoms with Gasteiger partial charge in [-0.2, -0.15) is 0 Å². The molecule has 4 nitrogen and oxygen atoms in total. The molecule has 0 radical (unpaired) electrons. The van der Waals surface area contributed by atoms with Gasteiger partial charge in [-0.25, -0.2) is 0 Å². The van der Waals surface area contributed by atoms with Crippen LogP contribution in [-0.2, 0) is 0 Å². The third-order valence-corrected chi connectivity index (χ3v) is 2.76. The summed E-state index contributed by atoms with van der Waals surface area (Å²) in [4.78, 5) is 0. The van der Waals surface area contributed by atoms with Crippen molar-refractivity contribution in [3.63, 3.8) is 0 Å². The van der Waals surface area contributed by atoms with Crippen LogP contribution in [0.2, 0.25) is 0 Å². The lowest BCUT2D eigenvalue weighted by Gasteiger charge is -2.01. The highest BCUT2D eigenvalue weighted by Crippen LogP contribution is 2.32. The molecule has 0 aliphatic carbocycles. The maximum Gasteiger partial charge on any atom is 0.165 e. The molecule has 0 saturated carbocycles. The van der Waals surface area contributed by atoms with Crippen molar-refractivity contribution in [1.82, 2.24) is 0 Å². The molecule has 0 spiro atoms. The van der Waals surface area contributed by atoms with E-state index in [1.165, 1.54) is 18.2 Å². The predicted octanol–water partition coefficient (Wildman–Crippen LogP) is 5.40. The summed E-state index contributed by atoms with van der Waals surface area (Å²) in [6.45, 7) is 8.00. The Balaban J connectivity index is 0.000000385. The molecule has 0 aliphatic rings. The summed E-state index contributed by atoms with van der Waals surface area (Å²) in [7, 11) is 0. The number of hydrogen-bond acceptors (Lipinski definition) is 4. The first-order valence-electron chi connectivity index (χ1n) is 7.96. The van der Waals surface area contributed by atoms with Crippen LogP contribution in [-0.4, -0.2) is 20.4 Å². The summed E-state index contributed by atoms with van der Waals surface area (Å²) < 4.78 is 0. The average molecular weight is 330 g/mol.